The zero-order chi connectivity index (χ0) is 30.0. The third-order valence-corrected chi connectivity index (χ3v) is 13.0. The van der Waals surface area contributed by atoms with Gasteiger partial charge in [-0.3, -0.25) is 4.79 Å². The molecule has 0 amide bonds. The summed E-state index contributed by atoms with van der Waals surface area (Å²) in [5.41, 5.74) is -1.35. The van der Waals surface area contributed by atoms with Crippen molar-refractivity contribution < 1.29 is 19.1 Å². The van der Waals surface area contributed by atoms with Crippen molar-refractivity contribution in [3.05, 3.63) is 73.3 Å². The first-order valence-electron chi connectivity index (χ1n) is 15.9. The van der Waals surface area contributed by atoms with Gasteiger partial charge >= 0.3 is 5.97 Å². The Kier molecular flexibility index (Phi) is 15.7. The lowest BCUT2D eigenvalue weighted by molar-refractivity contribution is -0.153. The van der Waals surface area contributed by atoms with Gasteiger partial charge in [-0.2, -0.15) is 0 Å². The van der Waals surface area contributed by atoms with Gasteiger partial charge in [-0.05, 0) is 28.3 Å². The highest BCUT2D eigenvalue weighted by molar-refractivity contribution is 6.99. The van der Waals surface area contributed by atoms with Crippen LogP contribution in [-0.4, -0.2) is 38.2 Å². The summed E-state index contributed by atoms with van der Waals surface area (Å²) in [7, 11) is -2.83. The minimum atomic E-state index is -2.83. The Morgan fingerprint density at radius 2 is 1.24 bits per heavy atom. The van der Waals surface area contributed by atoms with Crippen LogP contribution in [0.1, 0.15) is 111 Å². The number of unbranched alkanes of at least 4 members (excludes halogenated alkanes) is 10. The minimum absolute atomic E-state index is 0.0536. The number of ether oxygens (including phenoxy) is 1. The SMILES string of the molecule is C=CCC(O)(COC(=O)CCCCCCCCCCCCC)CO[Si](c1ccccc1)(c1ccccc1)C(C)(C)C. The second kappa shape index (κ2) is 18.4. The van der Waals surface area contributed by atoms with Crippen molar-refractivity contribution in [2.45, 2.75) is 122 Å². The number of carbonyl (C=O) groups is 1. The van der Waals surface area contributed by atoms with Gasteiger partial charge in [0.2, 0.25) is 0 Å². The van der Waals surface area contributed by atoms with Crippen molar-refractivity contribution in [1.82, 2.24) is 0 Å². The molecule has 228 valence electrons. The first-order chi connectivity index (χ1) is 19.7. The van der Waals surface area contributed by atoms with Crippen LogP contribution in [0.25, 0.3) is 0 Å². The van der Waals surface area contributed by atoms with Gasteiger partial charge in [0.05, 0.1) is 6.61 Å². The Bertz CT molecular complexity index is 946. The molecule has 0 spiro atoms. The molecular formula is C36H56O4Si. The number of hydrogen-bond donors (Lipinski definition) is 1. The van der Waals surface area contributed by atoms with E-state index < -0.39 is 13.9 Å². The highest BCUT2D eigenvalue weighted by Gasteiger charge is 2.51. The summed E-state index contributed by atoms with van der Waals surface area (Å²) in [6, 6.07) is 20.7. The molecule has 0 bridgehead atoms. The van der Waals surface area contributed by atoms with Gasteiger partial charge in [0.25, 0.3) is 8.32 Å². The largest absolute Gasteiger partial charge is 0.463 e. The number of benzene rings is 2. The summed E-state index contributed by atoms with van der Waals surface area (Å²) in [4.78, 5) is 12.6. The van der Waals surface area contributed by atoms with Crippen LogP contribution < -0.4 is 10.4 Å². The summed E-state index contributed by atoms with van der Waals surface area (Å²) in [6.07, 6.45) is 15.9. The maximum atomic E-state index is 12.6. The van der Waals surface area contributed by atoms with Crippen LogP contribution >= 0.6 is 0 Å². The fourth-order valence-electron chi connectivity index (χ4n) is 5.65. The molecule has 0 aromatic heterocycles. The van der Waals surface area contributed by atoms with Crippen LogP contribution in [0, 0.1) is 0 Å². The van der Waals surface area contributed by atoms with Crippen molar-refractivity contribution in [1.29, 1.82) is 0 Å². The van der Waals surface area contributed by atoms with Gasteiger partial charge in [-0.1, -0.05) is 159 Å². The molecule has 0 fully saturated rings. The molecule has 0 aliphatic rings. The molecule has 0 heterocycles. The normalized spacial score (nSPS) is 13.5. The van der Waals surface area contributed by atoms with E-state index in [9.17, 15) is 9.90 Å². The van der Waals surface area contributed by atoms with E-state index in [0.717, 1.165) is 29.6 Å². The summed E-state index contributed by atoms with van der Waals surface area (Å²) < 4.78 is 12.6. The standard InChI is InChI=1S/C36H56O4Si/c1-6-8-9-10-11-12-13-14-15-16-23-28-34(37)39-30-36(38,29-7-2)31-40-41(35(3,4)5,32-24-19-17-20-25-32)33-26-21-18-22-27-33/h7,17-22,24-27,38H,2,6,8-16,23,28-31H2,1,3-5H3. The lowest BCUT2D eigenvalue weighted by atomic mass is 10.0. The molecule has 1 unspecified atom stereocenters. The average Bonchev–Trinajstić information content (AvgIpc) is 2.96. The fraction of sp³-hybridized carbons (Fsp3) is 0.583. The van der Waals surface area contributed by atoms with Crippen LogP contribution in [0.5, 0.6) is 0 Å². The molecule has 0 radical (unpaired) electrons. The summed E-state index contributed by atoms with van der Waals surface area (Å²) in [6.45, 7) is 12.7. The van der Waals surface area contributed by atoms with Crippen molar-refractivity contribution in [2.75, 3.05) is 13.2 Å². The molecular weight excluding hydrogens is 524 g/mol. The third-order valence-electron chi connectivity index (χ3n) is 7.98. The summed E-state index contributed by atoms with van der Waals surface area (Å²) in [5.74, 6) is -0.256. The topological polar surface area (TPSA) is 55.8 Å². The summed E-state index contributed by atoms with van der Waals surface area (Å²) in [5, 5.41) is 13.7. The first kappa shape index (κ1) is 35.0. The lowest BCUT2D eigenvalue weighted by Gasteiger charge is -2.44. The zero-order valence-electron chi connectivity index (χ0n) is 26.3. The number of esters is 1. The van der Waals surface area contributed by atoms with E-state index in [1.807, 2.05) is 36.4 Å². The third kappa shape index (κ3) is 11.5. The Morgan fingerprint density at radius 1 is 0.780 bits per heavy atom. The molecule has 41 heavy (non-hydrogen) atoms. The van der Waals surface area contributed by atoms with E-state index in [1.165, 1.54) is 51.4 Å². The average molecular weight is 581 g/mol. The molecule has 2 aromatic rings. The maximum absolute atomic E-state index is 12.6. The van der Waals surface area contributed by atoms with Crippen LogP contribution in [0.4, 0.5) is 0 Å². The van der Waals surface area contributed by atoms with Gasteiger partial charge in [0.1, 0.15) is 12.2 Å². The van der Waals surface area contributed by atoms with E-state index in [4.69, 9.17) is 9.16 Å². The second-order valence-corrected chi connectivity index (χ2v) is 16.9. The number of hydrogen-bond acceptors (Lipinski definition) is 4. The Labute approximate surface area is 251 Å². The molecule has 2 rings (SSSR count). The molecule has 2 aromatic carbocycles. The van der Waals surface area contributed by atoms with E-state index in [2.05, 4.69) is 58.5 Å². The first-order valence-corrected chi connectivity index (χ1v) is 17.8. The number of carbonyl (C=O) groups excluding carboxylic acids is 1. The van der Waals surface area contributed by atoms with Crippen LogP contribution in [0.2, 0.25) is 5.04 Å². The highest BCUT2D eigenvalue weighted by Crippen LogP contribution is 2.37. The highest BCUT2D eigenvalue weighted by atomic mass is 28.4. The molecule has 0 aliphatic heterocycles. The van der Waals surface area contributed by atoms with E-state index in [0.29, 0.717) is 6.42 Å². The Hall–Kier alpha value is -2.21. The van der Waals surface area contributed by atoms with E-state index >= 15 is 0 Å². The number of rotatable bonds is 21. The van der Waals surface area contributed by atoms with E-state index in [1.54, 1.807) is 6.08 Å². The molecule has 4 nitrogen and oxygen atoms in total. The molecule has 1 N–H and O–H groups in total. The Balaban J connectivity index is 1.93. The quantitative estimate of drug-likeness (QED) is 0.0701. The van der Waals surface area contributed by atoms with Gasteiger partial charge in [0, 0.05) is 6.42 Å². The van der Waals surface area contributed by atoms with Crippen molar-refractivity contribution in [3.63, 3.8) is 0 Å². The zero-order valence-corrected chi connectivity index (χ0v) is 27.3. The lowest BCUT2D eigenvalue weighted by Crippen LogP contribution is -2.67. The molecule has 5 heteroatoms. The molecule has 1 atom stereocenters. The van der Waals surface area contributed by atoms with Gasteiger partial charge in [-0.15, -0.1) is 6.58 Å². The number of aliphatic hydroxyl groups is 1. The fourth-order valence-corrected chi connectivity index (χ4v) is 10.3. The minimum Gasteiger partial charge on any atom is -0.463 e. The van der Waals surface area contributed by atoms with Gasteiger partial charge < -0.3 is 14.3 Å². The molecule has 0 saturated heterocycles. The predicted octanol–water partition coefficient (Wildman–Crippen LogP) is 8.11. The predicted molar refractivity (Wildman–Crippen MR) is 175 cm³/mol. The maximum Gasteiger partial charge on any atom is 0.305 e. The van der Waals surface area contributed by atoms with Crippen LogP contribution in [0.3, 0.4) is 0 Å². The van der Waals surface area contributed by atoms with Crippen LogP contribution in [-0.2, 0) is 14.0 Å². The van der Waals surface area contributed by atoms with Gasteiger partial charge in [-0.25, -0.2) is 0 Å². The van der Waals surface area contributed by atoms with Crippen molar-refractivity contribution in [2.24, 2.45) is 0 Å². The van der Waals surface area contributed by atoms with E-state index in [-0.39, 0.29) is 30.6 Å². The molecule has 0 aliphatic carbocycles. The van der Waals surface area contributed by atoms with Crippen molar-refractivity contribution >= 4 is 24.7 Å². The smallest absolute Gasteiger partial charge is 0.305 e. The second-order valence-electron chi connectivity index (χ2n) is 12.6. The Morgan fingerprint density at radius 3 is 1.68 bits per heavy atom. The summed E-state index contributed by atoms with van der Waals surface area (Å²) >= 11 is 0. The molecule has 0 saturated carbocycles. The van der Waals surface area contributed by atoms with Gasteiger partial charge in [0.15, 0.2) is 0 Å². The van der Waals surface area contributed by atoms with Crippen LogP contribution in [0.15, 0.2) is 73.3 Å². The van der Waals surface area contributed by atoms with Crippen molar-refractivity contribution in [3.8, 4) is 0 Å². The monoisotopic (exact) mass is 580 g/mol.